The summed E-state index contributed by atoms with van der Waals surface area (Å²) in [6.45, 7) is 0. The fourth-order valence-corrected chi connectivity index (χ4v) is 2.67. The molecule has 1 unspecified atom stereocenters. The smallest absolute Gasteiger partial charge is 0.193 e. The number of aliphatic hydroxyl groups excluding tert-OH is 1. The third-order valence-electron chi connectivity index (χ3n) is 2.87. The molecule has 3 aromatic rings. The van der Waals surface area contributed by atoms with E-state index in [2.05, 4.69) is 4.98 Å². The van der Waals surface area contributed by atoms with Gasteiger partial charge in [0.1, 0.15) is 11.6 Å². The lowest BCUT2D eigenvalue weighted by molar-refractivity contribution is 0.172. The lowest BCUT2D eigenvalue weighted by Crippen LogP contribution is -2.05. The minimum Gasteiger partial charge on any atom is -0.388 e. The monoisotopic (exact) mass is 280 g/mol. The van der Waals surface area contributed by atoms with Crippen molar-refractivity contribution in [1.29, 1.82) is 0 Å². The van der Waals surface area contributed by atoms with Gasteiger partial charge in [-0.05, 0) is 6.07 Å². The Hall–Kier alpha value is -1.79. The van der Waals surface area contributed by atoms with Gasteiger partial charge in [-0.25, -0.2) is 13.8 Å². The van der Waals surface area contributed by atoms with Crippen molar-refractivity contribution in [3.05, 3.63) is 58.9 Å². The van der Waals surface area contributed by atoms with Crippen LogP contribution in [-0.2, 0) is 6.42 Å². The molecule has 1 atom stereocenters. The van der Waals surface area contributed by atoms with Crippen LogP contribution in [0.4, 0.5) is 8.78 Å². The molecule has 3 rings (SSSR count). The maximum atomic E-state index is 13.5. The van der Waals surface area contributed by atoms with E-state index >= 15 is 0 Å². The molecule has 0 aliphatic carbocycles. The summed E-state index contributed by atoms with van der Waals surface area (Å²) in [5.41, 5.74) is 0.751. The summed E-state index contributed by atoms with van der Waals surface area (Å²) in [5.74, 6) is -1.40. The van der Waals surface area contributed by atoms with Gasteiger partial charge in [-0.3, -0.25) is 4.40 Å². The number of imidazole rings is 1. The van der Waals surface area contributed by atoms with Crippen LogP contribution in [-0.4, -0.2) is 14.5 Å². The Morgan fingerprint density at radius 1 is 1.37 bits per heavy atom. The van der Waals surface area contributed by atoms with Crippen molar-refractivity contribution in [3.8, 4) is 0 Å². The number of benzene rings is 1. The Kier molecular flexibility index (Phi) is 3.04. The van der Waals surface area contributed by atoms with Crippen molar-refractivity contribution in [2.45, 2.75) is 12.5 Å². The van der Waals surface area contributed by atoms with E-state index < -0.39 is 17.7 Å². The quantitative estimate of drug-likeness (QED) is 0.801. The molecule has 3 nitrogen and oxygen atoms in total. The van der Waals surface area contributed by atoms with Crippen molar-refractivity contribution in [2.75, 3.05) is 0 Å². The number of fused-ring (bicyclic) bond motifs is 1. The fourth-order valence-electron chi connectivity index (χ4n) is 1.95. The summed E-state index contributed by atoms with van der Waals surface area (Å²) in [6, 6.07) is 3.16. The second-order valence-corrected chi connectivity index (χ2v) is 5.08. The van der Waals surface area contributed by atoms with E-state index in [1.165, 1.54) is 17.4 Å². The molecule has 0 amide bonds. The number of hydrogen-bond donors (Lipinski definition) is 1. The second-order valence-electron chi connectivity index (χ2n) is 4.21. The third kappa shape index (κ3) is 2.36. The lowest BCUT2D eigenvalue weighted by atomic mass is 10.0. The third-order valence-corrected chi connectivity index (χ3v) is 3.64. The number of aliphatic hydroxyl groups is 1. The molecule has 1 aromatic carbocycles. The van der Waals surface area contributed by atoms with E-state index in [0.29, 0.717) is 5.69 Å². The van der Waals surface area contributed by atoms with Crippen LogP contribution in [0.25, 0.3) is 4.96 Å². The summed E-state index contributed by atoms with van der Waals surface area (Å²) >= 11 is 1.48. The predicted octanol–water partition coefficient (Wildman–Crippen LogP) is 2.95. The van der Waals surface area contributed by atoms with Gasteiger partial charge in [-0.1, -0.05) is 6.07 Å². The van der Waals surface area contributed by atoms with E-state index in [9.17, 15) is 13.9 Å². The molecule has 0 aliphatic rings. The summed E-state index contributed by atoms with van der Waals surface area (Å²) in [7, 11) is 0. The molecule has 0 bridgehead atoms. The highest BCUT2D eigenvalue weighted by atomic mass is 32.1. The van der Waals surface area contributed by atoms with Crippen molar-refractivity contribution >= 4 is 16.3 Å². The van der Waals surface area contributed by atoms with E-state index in [1.54, 1.807) is 6.20 Å². The standard InChI is InChI=1S/C13H10F2N2OS/c14-8-1-2-10(11(15)5-8)12(18)6-9-7-17-3-4-19-13(17)16-9/h1-5,7,12,18H,6H2. The van der Waals surface area contributed by atoms with Gasteiger partial charge in [0.15, 0.2) is 4.96 Å². The Balaban J connectivity index is 1.84. The Bertz CT molecular complexity index is 694. The van der Waals surface area contributed by atoms with Crippen LogP contribution < -0.4 is 0 Å². The van der Waals surface area contributed by atoms with Gasteiger partial charge >= 0.3 is 0 Å². The number of nitrogens with zero attached hydrogens (tertiary/aromatic N) is 2. The molecule has 6 heteroatoms. The minimum atomic E-state index is -1.04. The zero-order chi connectivity index (χ0) is 13.4. The number of hydrogen-bond acceptors (Lipinski definition) is 3. The van der Waals surface area contributed by atoms with E-state index in [4.69, 9.17) is 0 Å². The molecule has 98 valence electrons. The summed E-state index contributed by atoms with van der Waals surface area (Å²) < 4.78 is 28.2. The lowest BCUT2D eigenvalue weighted by Gasteiger charge is -2.10. The van der Waals surface area contributed by atoms with Crippen molar-refractivity contribution in [2.24, 2.45) is 0 Å². The molecule has 0 radical (unpaired) electrons. The van der Waals surface area contributed by atoms with Crippen LogP contribution in [0.2, 0.25) is 0 Å². The van der Waals surface area contributed by atoms with Crippen molar-refractivity contribution < 1.29 is 13.9 Å². The molecular weight excluding hydrogens is 270 g/mol. The molecule has 2 aromatic heterocycles. The van der Waals surface area contributed by atoms with Crippen LogP contribution >= 0.6 is 11.3 Å². The first-order chi connectivity index (χ1) is 9.13. The zero-order valence-corrected chi connectivity index (χ0v) is 10.6. The average Bonchev–Trinajstić information content (AvgIpc) is 2.89. The van der Waals surface area contributed by atoms with Crippen LogP contribution in [0.5, 0.6) is 0 Å². The van der Waals surface area contributed by atoms with Gasteiger partial charge in [0.05, 0.1) is 11.8 Å². The number of halogens is 2. The van der Waals surface area contributed by atoms with Crippen molar-refractivity contribution in [3.63, 3.8) is 0 Å². The van der Waals surface area contributed by atoms with E-state index in [1.807, 2.05) is 16.0 Å². The van der Waals surface area contributed by atoms with Crippen LogP contribution in [0.1, 0.15) is 17.4 Å². The van der Waals surface area contributed by atoms with Crippen LogP contribution in [0, 0.1) is 11.6 Å². The minimum absolute atomic E-state index is 0.0813. The Labute approximate surface area is 111 Å². The topological polar surface area (TPSA) is 37.5 Å². The molecule has 2 heterocycles. The Morgan fingerprint density at radius 3 is 2.95 bits per heavy atom. The van der Waals surface area contributed by atoms with Gasteiger partial charge in [0.2, 0.25) is 0 Å². The first kappa shape index (κ1) is 12.3. The molecule has 0 saturated heterocycles. The van der Waals surface area contributed by atoms with Crippen molar-refractivity contribution in [1.82, 2.24) is 9.38 Å². The second kappa shape index (κ2) is 4.71. The first-order valence-electron chi connectivity index (χ1n) is 5.67. The summed E-state index contributed by atoms with van der Waals surface area (Å²) in [5, 5.41) is 11.9. The summed E-state index contributed by atoms with van der Waals surface area (Å²) in [6.07, 6.45) is 2.81. The van der Waals surface area contributed by atoms with Gasteiger partial charge in [0.25, 0.3) is 0 Å². The molecule has 0 fully saturated rings. The maximum Gasteiger partial charge on any atom is 0.193 e. The van der Waals surface area contributed by atoms with E-state index in [0.717, 1.165) is 17.1 Å². The van der Waals surface area contributed by atoms with Gasteiger partial charge in [0, 0.05) is 35.8 Å². The molecule has 1 N–H and O–H groups in total. The first-order valence-corrected chi connectivity index (χ1v) is 6.55. The average molecular weight is 280 g/mol. The summed E-state index contributed by atoms with van der Waals surface area (Å²) in [4.78, 5) is 5.13. The SMILES string of the molecule is OC(Cc1cn2ccsc2n1)c1ccc(F)cc1F. The van der Waals surface area contributed by atoms with Crippen LogP contribution in [0.3, 0.4) is 0 Å². The number of rotatable bonds is 3. The number of aromatic nitrogens is 2. The Morgan fingerprint density at radius 2 is 2.21 bits per heavy atom. The van der Waals surface area contributed by atoms with E-state index in [-0.39, 0.29) is 12.0 Å². The molecule has 0 saturated carbocycles. The van der Waals surface area contributed by atoms with Gasteiger partial charge in [-0.15, -0.1) is 11.3 Å². The maximum absolute atomic E-state index is 13.5. The van der Waals surface area contributed by atoms with Gasteiger partial charge < -0.3 is 5.11 Å². The van der Waals surface area contributed by atoms with Crippen LogP contribution in [0.15, 0.2) is 36.0 Å². The normalized spacial score (nSPS) is 13.0. The molecule has 0 spiro atoms. The predicted molar refractivity (Wildman–Crippen MR) is 68.1 cm³/mol. The fraction of sp³-hybridized carbons (Fsp3) is 0.154. The highest BCUT2D eigenvalue weighted by Crippen LogP contribution is 2.22. The van der Waals surface area contributed by atoms with Gasteiger partial charge in [-0.2, -0.15) is 0 Å². The number of thiazole rings is 1. The zero-order valence-electron chi connectivity index (χ0n) is 9.75. The highest BCUT2D eigenvalue weighted by molar-refractivity contribution is 7.15. The molecule has 0 aliphatic heterocycles. The highest BCUT2D eigenvalue weighted by Gasteiger charge is 2.16. The molecule has 19 heavy (non-hydrogen) atoms. The largest absolute Gasteiger partial charge is 0.388 e. The molecular formula is C13H10F2N2OS.